The Morgan fingerprint density at radius 1 is 1.23 bits per heavy atom. The molecule has 2 rings (SSSR count). The molecule has 0 aliphatic carbocycles. The molecule has 120 valence electrons. The largest absolute Gasteiger partial charge is 0.378 e. The first-order valence-corrected chi connectivity index (χ1v) is 7.97. The summed E-state index contributed by atoms with van der Waals surface area (Å²) < 4.78 is 28.9. The molecule has 1 aromatic rings. The molecule has 0 saturated carbocycles. The number of anilines is 1. The number of ether oxygens (including phenoxy) is 1. The minimum Gasteiger partial charge on any atom is -0.378 e. The van der Waals surface area contributed by atoms with Crippen LogP contribution in [0.4, 0.5) is 5.69 Å². The van der Waals surface area contributed by atoms with Gasteiger partial charge in [-0.2, -0.15) is 4.99 Å². The standard InChI is InChI=1S/C12H17N5O4S/c13-12(14)16-11(18)8-1-2-9(10(7-8)22(15,19)20)17-3-5-21-6-4-17/h1-2,7H,3-6H2,(H2,15,19,20)(H4,13,14,16,18). The third-order valence-corrected chi connectivity index (χ3v) is 4.04. The van der Waals surface area contributed by atoms with Gasteiger partial charge in [-0.25, -0.2) is 13.6 Å². The number of morpholine rings is 1. The summed E-state index contributed by atoms with van der Waals surface area (Å²) in [4.78, 5) is 16.9. The molecule has 1 fully saturated rings. The Balaban J connectivity index is 2.48. The molecule has 1 aliphatic rings. The quantitative estimate of drug-likeness (QED) is 0.455. The van der Waals surface area contributed by atoms with Crippen LogP contribution >= 0.6 is 0 Å². The van der Waals surface area contributed by atoms with Gasteiger partial charge in [0.25, 0.3) is 5.91 Å². The molecule has 1 aliphatic heterocycles. The lowest BCUT2D eigenvalue weighted by Gasteiger charge is -2.30. The Labute approximate surface area is 127 Å². The number of aliphatic imine (C=N–C) groups is 1. The Kier molecular flexibility index (Phi) is 4.64. The molecule has 22 heavy (non-hydrogen) atoms. The third-order valence-electron chi connectivity index (χ3n) is 3.10. The number of guanidine groups is 1. The molecule has 0 spiro atoms. The monoisotopic (exact) mass is 327 g/mol. The van der Waals surface area contributed by atoms with Gasteiger partial charge in [0.05, 0.1) is 18.9 Å². The lowest BCUT2D eigenvalue weighted by Crippen LogP contribution is -2.37. The first-order chi connectivity index (χ1) is 10.3. The van der Waals surface area contributed by atoms with Crippen LogP contribution < -0.4 is 21.5 Å². The SMILES string of the molecule is NC(N)=NC(=O)c1ccc(N2CCOCC2)c(S(N)(=O)=O)c1. The second-order valence-electron chi connectivity index (χ2n) is 4.67. The number of rotatable bonds is 3. The van der Waals surface area contributed by atoms with Crippen molar-refractivity contribution in [3.63, 3.8) is 0 Å². The highest BCUT2D eigenvalue weighted by molar-refractivity contribution is 7.89. The van der Waals surface area contributed by atoms with Crippen LogP contribution in [-0.2, 0) is 14.8 Å². The van der Waals surface area contributed by atoms with E-state index in [1.807, 2.05) is 4.90 Å². The molecule has 0 bridgehead atoms. The number of benzene rings is 1. The fourth-order valence-electron chi connectivity index (χ4n) is 2.12. The molecule has 10 heteroatoms. The maximum Gasteiger partial charge on any atom is 0.280 e. The number of nitrogens with zero attached hydrogens (tertiary/aromatic N) is 2. The summed E-state index contributed by atoms with van der Waals surface area (Å²) in [7, 11) is -4.01. The van der Waals surface area contributed by atoms with E-state index in [0.717, 1.165) is 0 Å². The maximum atomic E-state index is 11.8. The second-order valence-corrected chi connectivity index (χ2v) is 6.20. The fraction of sp³-hybridized carbons (Fsp3) is 0.333. The highest BCUT2D eigenvalue weighted by atomic mass is 32.2. The molecule has 9 nitrogen and oxygen atoms in total. The van der Waals surface area contributed by atoms with E-state index in [0.29, 0.717) is 32.0 Å². The van der Waals surface area contributed by atoms with Crippen molar-refractivity contribution in [1.82, 2.24) is 0 Å². The molecular weight excluding hydrogens is 310 g/mol. The lowest BCUT2D eigenvalue weighted by atomic mass is 10.1. The highest BCUT2D eigenvalue weighted by Gasteiger charge is 2.22. The van der Waals surface area contributed by atoms with Crippen molar-refractivity contribution in [3.05, 3.63) is 23.8 Å². The number of hydrogen-bond donors (Lipinski definition) is 3. The molecule has 0 aromatic heterocycles. The molecule has 0 unspecified atom stereocenters. The van der Waals surface area contributed by atoms with Crippen LogP contribution in [0.25, 0.3) is 0 Å². The first kappa shape index (κ1) is 16.2. The van der Waals surface area contributed by atoms with Gasteiger partial charge in [0.1, 0.15) is 4.90 Å². The zero-order valence-corrected chi connectivity index (χ0v) is 12.5. The smallest absolute Gasteiger partial charge is 0.280 e. The summed E-state index contributed by atoms with van der Waals surface area (Å²) in [5, 5.41) is 5.25. The van der Waals surface area contributed by atoms with Crippen LogP contribution in [0, 0.1) is 0 Å². The molecule has 1 amide bonds. The highest BCUT2D eigenvalue weighted by Crippen LogP contribution is 2.26. The van der Waals surface area contributed by atoms with Gasteiger partial charge in [-0.1, -0.05) is 0 Å². The molecule has 1 heterocycles. The number of carbonyl (C=O) groups is 1. The molecule has 0 radical (unpaired) electrons. The van der Waals surface area contributed by atoms with Crippen molar-refractivity contribution in [2.45, 2.75) is 4.90 Å². The van der Waals surface area contributed by atoms with Gasteiger partial charge in [0.15, 0.2) is 5.96 Å². The minimum atomic E-state index is -4.01. The van der Waals surface area contributed by atoms with Gasteiger partial charge < -0.3 is 21.1 Å². The number of nitrogens with two attached hydrogens (primary N) is 3. The third kappa shape index (κ3) is 3.72. The number of carbonyl (C=O) groups excluding carboxylic acids is 1. The summed E-state index contributed by atoms with van der Waals surface area (Å²) in [6.07, 6.45) is 0. The number of primary sulfonamides is 1. The van der Waals surface area contributed by atoms with Crippen molar-refractivity contribution in [2.75, 3.05) is 31.2 Å². The Bertz CT molecular complexity index is 706. The minimum absolute atomic E-state index is 0.0365. The van der Waals surface area contributed by atoms with Crippen LogP contribution in [0.1, 0.15) is 10.4 Å². The van der Waals surface area contributed by atoms with Crippen molar-refractivity contribution in [2.24, 2.45) is 21.6 Å². The Hall–Kier alpha value is -2.17. The van der Waals surface area contributed by atoms with E-state index in [1.165, 1.54) is 18.2 Å². The Morgan fingerprint density at radius 2 is 1.86 bits per heavy atom. The van der Waals surface area contributed by atoms with Crippen molar-refractivity contribution < 1.29 is 17.9 Å². The zero-order chi connectivity index (χ0) is 16.3. The van der Waals surface area contributed by atoms with Crippen molar-refractivity contribution in [1.29, 1.82) is 0 Å². The van der Waals surface area contributed by atoms with Gasteiger partial charge >= 0.3 is 0 Å². The number of hydrogen-bond acceptors (Lipinski definition) is 5. The van der Waals surface area contributed by atoms with Gasteiger partial charge in [0, 0.05) is 18.7 Å². The predicted octanol–water partition coefficient (Wildman–Crippen LogP) is -1.42. The van der Waals surface area contributed by atoms with Gasteiger partial charge in [-0.05, 0) is 18.2 Å². The summed E-state index contributed by atoms with van der Waals surface area (Å²) in [6.45, 7) is 2.03. The van der Waals surface area contributed by atoms with Crippen molar-refractivity contribution in [3.8, 4) is 0 Å². The molecular formula is C12H17N5O4S. The average molecular weight is 327 g/mol. The first-order valence-electron chi connectivity index (χ1n) is 6.42. The Morgan fingerprint density at radius 3 is 2.41 bits per heavy atom. The molecule has 1 saturated heterocycles. The lowest BCUT2D eigenvalue weighted by molar-refractivity contribution is 0.100. The fourth-order valence-corrected chi connectivity index (χ4v) is 2.90. The van der Waals surface area contributed by atoms with E-state index in [1.54, 1.807) is 0 Å². The van der Waals surface area contributed by atoms with Gasteiger partial charge in [-0.3, -0.25) is 4.79 Å². The normalized spacial score (nSPS) is 15.4. The van der Waals surface area contributed by atoms with E-state index in [9.17, 15) is 13.2 Å². The van der Waals surface area contributed by atoms with E-state index in [4.69, 9.17) is 21.3 Å². The van der Waals surface area contributed by atoms with Crippen LogP contribution in [0.5, 0.6) is 0 Å². The van der Waals surface area contributed by atoms with Gasteiger partial charge in [-0.15, -0.1) is 0 Å². The van der Waals surface area contributed by atoms with E-state index in [2.05, 4.69) is 4.99 Å². The van der Waals surface area contributed by atoms with E-state index < -0.39 is 21.9 Å². The second kappa shape index (κ2) is 6.30. The van der Waals surface area contributed by atoms with Crippen LogP contribution in [0.3, 0.4) is 0 Å². The molecule has 1 aromatic carbocycles. The van der Waals surface area contributed by atoms with Crippen LogP contribution in [0.15, 0.2) is 28.1 Å². The maximum absolute atomic E-state index is 11.8. The van der Waals surface area contributed by atoms with Crippen LogP contribution in [0.2, 0.25) is 0 Å². The summed E-state index contributed by atoms with van der Waals surface area (Å²) in [6, 6.07) is 4.14. The zero-order valence-electron chi connectivity index (χ0n) is 11.7. The molecule has 6 N–H and O–H groups in total. The van der Waals surface area contributed by atoms with Crippen LogP contribution in [-0.4, -0.2) is 46.6 Å². The van der Waals surface area contributed by atoms with Crippen molar-refractivity contribution >= 4 is 27.6 Å². The topological polar surface area (TPSA) is 154 Å². The summed E-state index contributed by atoms with van der Waals surface area (Å²) in [5.41, 5.74) is 10.7. The number of sulfonamides is 1. The predicted molar refractivity (Wildman–Crippen MR) is 81.0 cm³/mol. The average Bonchev–Trinajstić information content (AvgIpc) is 2.46. The van der Waals surface area contributed by atoms with Gasteiger partial charge in [0.2, 0.25) is 10.0 Å². The van der Waals surface area contributed by atoms with E-state index in [-0.39, 0.29) is 10.5 Å². The molecule has 0 atom stereocenters. The summed E-state index contributed by atoms with van der Waals surface area (Å²) >= 11 is 0. The number of amides is 1. The summed E-state index contributed by atoms with van der Waals surface area (Å²) in [5.74, 6) is -1.14. The van der Waals surface area contributed by atoms with E-state index >= 15 is 0 Å².